The molecule has 100 valence electrons. The maximum Gasteiger partial charge on any atom is 0.0412 e. The standard InChI is InChI=1S/C15H24N2S/c1-3-14-12-17(9-10-18-4-2)15-8-6-5-7-13(15)11-16-14/h5-8,14,16H,3-4,9-12H2,1-2H3. The molecule has 0 radical (unpaired) electrons. The fraction of sp³-hybridized carbons (Fsp3) is 0.600. The summed E-state index contributed by atoms with van der Waals surface area (Å²) in [7, 11) is 0. The van der Waals surface area contributed by atoms with Gasteiger partial charge in [0.1, 0.15) is 0 Å². The van der Waals surface area contributed by atoms with Crippen LogP contribution in [0.5, 0.6) is 0 Å². The van der Waals surface area contributed by atoms with Crippen molar-refractivity contribution in [3.63, 3.8) is 0 Å². The largest absolute Gasteiger partial charge is 0.369 e. The summed E-state index contributed by atoms with van der Waals surface area (Å²) in [6, 6.07) is 9.44. The van der Waals surface area contributed by atoms with Gasteiger partial charge in [-0.25, -0.2) is 0 Å². The Morgan fingerprint density at radius 2 is 2.17 bits per heavy atom. The second-order valence-electron chi connectivity index (χ2n) is 4.76. The van der Waals surface area contributed by atoms with Gasteiger partial charge in [-0.15, -0.1) is 0 Å². The molecule has 0 spiro atoms. The molecule has 0 aliphatic carbocycles. The van der Waals surface area contributed by atoms with Crippen LogP contribution in [0, 0.1) is 0 Å². The first-order valence-corrected chi connectivity index (χ1v) is 8.14. The van der Waals surface area contributed by atoms with E-state index in [0.717, 1.165) is 19.6 Å². The smallest absolute Gasteiger partial charge is 0.0412 e. The number of fused-ring (bicyclic) bond motifs is 1. The van der Waals surface area contributed by atoms with Crippen molar-refractivity contribution in [2.45, 2.75) is 32.9 Å². The normalized spacial score (nSPS) is 19.4. The first-order chi connectivity index (χ1) is 8.85. The van der Waals surface area contributed by atoms with Crippen molar-refractivity contribution >= 4 is 17.4 Å². The molecular weight excluding hydrogens is 240 g/mol. The Bertz CT molecular complexity index is 367. The summed E-state index contributed by atoms with van der Waals surface area (Å²) >= 11 is 2.03. The lowest BCUT2D eigenvalue weighted by Crippen LogP contribution is -2.38. The molecule has 0 fully saturated rings. The molecule has 1 aliphatic rings. The average Bonchev–Trinajstić information content (AvgIpc) is 2.59. The minimum Gasteiger partial charge on any atom is -0.369 e. The Balaban J connectivity index is 2.12. The summed E-state index contributed by atoms with van der Waals surface area (Å²) in [4.78, 5) is 2.56. The first-order valence-electron chi connectivity index (χ1n) is 6.99. The van der Waals surface area contributed by atoms with E-state index in [2.05, 4.69) is 48.3 Å². The predicted octanol–water partition coefficient (Wildman–Crippen LogP) is 3.13. The minimum absolute atomic E-state index is 0.615. The van der Waals surface area contributed by atoms with Crippen molar-refractivity contribution in [1.82, 2.24) is 5.32 Å². The molecule has 0 bridgehead atoms. The van der Waals surface area contributed by atoms with Crippen LogP contribution in [0.3, 0.4) is 0 Å². The number of hydrogen-bond acceptors (Lipinski definition) is 3. The van der Waals surface area contributed by atoms with Crippen LogP contribution in [0.4, 0.5) is 5.69 Å². The van der Waals surface area contributed by atoms with Crippen molar-refractivity contribution in [3.05, 3.63) is 29.8 Å². The van der Waals surface area contributed by atoms with Crippen molar-refractivity contribution in [3.8, 4) is 0 Å². The van der Waals surface area contributed by atoms with Gasteiger partial charge in [-0.05, 0) is 23.8 Å². The molecule has 0 amide bonds. The van der Waals surface area contributed by atoms with E-state index in [1.165, 1.54) is 29.2 Å². The lowest BCUT2D eigenvalue weighted by molar-refractivity contribution is 0.505. The van der Waals surface area contributed by atoms with E-state index in [1.54, 1.807) is 0 Å². The van der Waals surface area contributed by atoms with E-state index in [9.17, 15) is 0 Å². The Morgan fingerprint density at radius 1 is 1.33 bits per heavy atom. The molecule has 0 saturated heterocycles. The Hall–Kier alpha value is -0.670. The number of para-hydroxylation sites is 1. The van der Waals surface area contributed by atoms with Gasteiger partial charge in [0.2, 0.25) is 0 Å². The highest BCUT2D eigenvalue weighted by molar-refractivity contribution is 7.99. The molecule has 1 N–H and O–H groups in total. The summed E-state index contributed by atoms with van der Waals surface area (Å²) in [5, 5.41) is 3.66. The molecule has 1 aliphatic heterocycles. The van der Waals surface area contributed by atoms with E-state index in [-0.39, 0.29) is 0 Å². The van der Waals surface area contributed by atoms with Crippen LogP contribution in [0.25, 0.3) is 0 Å². The van der Waals surface area contributed by atoms with Gasteiger partial charge >= 0.3 is 0 Å². The molecule has 1 heterocycles. The van der Waals surface area contributed by atoms with Crippen molar-refractivity contribution in [1.29, 1.82) is 0 Å². The fourth-order valence-corrected chi connectivity index (χ4v) is 3.09. The highest BCUT2D eigenvalue weighted by atomic mass is 32.2. The van der Waals surface area contributed by atoms with Crippen LogP contribution in [0.1, 0.15) is 25.8 Å². The zero-order valence-corrected chi connectivity index (χ0v) is 12.3. The third-order valence-electron chi connectivity index (χ3n) is 3.56. The molecule has 2 rings (SSSR count). The number of rotatable bonds is 5. The van der Waals surface area contributed by atoms with E-state index >= 15 is 0 Å². The quantitative estimate of drug-likeness (QED) is 0.823. The summed E-state index contributed by atoms with van der Waals surface area (Å²) in [6.45, 7) is 7.81. The predicted molar refractivity (Wildman–Crippen MR) is 82.6 cm³/mol. The molecule has 18 heavy (non-hydrogen) atoms. The van der Waals surface area contributed by atoms with Gasteiger partial charge in [-0.3, -0.25) is 0 Å². The van der Waals surface area contributed by atoms with Crippen LogP contribution >= 0.6 is 11.8 Å². The molecular formula is C15H24N2S. The van der Waals surface area contributed by atoms with Gasteiger partial charge in [-0.1, -0.05) is 32.0 Å². The number of thioether (sulfide) groups is 1. The number of hydrogen-bond donors (Lipinski definition) is 1. The first kappa shape index (κ1) is 13.8. The molecule has 2 nitrogen and oxygen atoms in total. The van der Waals surface area contributed by atoms with Gasteiger partial charge in [-0.2, -0.15) is 11.8 Å². The minimum atomic E-state index is 0.615. The number of nitrogens with one attached hydrogen (secondary N) is 1. The Morgan fingerprint density at radius 3 is 2.94 bits per heavy atom. The maximum absolute atomic E-state index is 3.66. The summed E-state index contributed by atoms with van der Waals surface area (Å²) in [6.07, 6.45) is 1.20. The number of nitrogens with zero attached hydrogens (tertiary/aromatic N) is 1. The number of benzene rings is 1. The molecule has 3 heteroatoms. The van der Waals surface area contributed by atoms with E-state index < -0.39 is 0 Å². The Kier molecular flexibility index (Phi) is 5.39. The van der Waals surface area contributed by atoms with Crippen molar-refractivity contribution in [2.24, 2.45) is 0 Å². The van der Waals surface area contributed by atoms with Crippen LogP contribution in [-0.4, -0.2) is 30.6 Å². The van der Waals surface area contributed by atoms with Gasteiger partial charge in [0.15, 0.2) is 0 Å². The molecule has 1 unspecified atom stereocenters. The SMILES string of the molecule is CCSCCN1CC(CC)NCc2ccccc21. The molecule has 0 saturated carbocycles. The highest BCUT2D eigenvalue weighted by Crippen LogP contribution is 2.24. The second-order valence-corrected chi connectivity index (χ2v) is 6.15. The third kappa shape index (κ3) is 3.42. The Labute approximate surface area is 115 Å². The summed E-state index contributed by atoms with van der Waals surface area (Å²) in [5.74, 6) is 2.44. The molecule has 1 aromatic rings. The second kappa shape index (κ2) is 7.05. The fourth-order valence-electron chi connectivity index (χ4n) is 2.46. The van der Waals surface area contributed by atoms with Gasteiger partial charge < -0.3 is 10.2 Å². The lowest BCUT2D eigenvalue weighted by Gasteiger charge is -2.27. The average molecular weight is 264 g/mol. The zero-order valence-electron chi connectivity index (χ0n) is 11.5. The van der Waals surface area contributed by atoms with Crippen LogP contribution in [0.2, 0.25) is 0 Å². The summed E-state index contributed by atoms with van der Waals surface area (Å²) in [5.41, 5.74) is 2.87. The van der Waals surface area contributed by atoms with Gasteiger partial charge in [0, 0.05) is 37.1 Å². The molecule has 1 aromatic carbocycles. The van der Waals surface area contributed by atoms with Crippen LogP contribution < -0.4 is 10.2 Å². The topological polar surface area (TPSA) is 15.3 Å². The van der Waals surface area contributed by atoms with E-state index in [4.69, 9.17) is 0 Å². The summed E-state index contributed by atoms with van der Waals surface area (Å²) < 4.78 is 0. The highest BCUT2D eigenvalue weighted by Gasteiger charge is 2.19. The van der Waals surface area contributed by atoms with Crippen molar-refractivity contribution in [2.75, 3.05) is 29.5 Å². The number of anilines is 1. The van der Waals surface area contributed by atoms with E-state index in [1.807, 2.05) is 11.8 Å². The monoisotopic (exact) mass is 264 g/mol. The van der Waals surface area contributed by atoms with Crippen LogP contribution in [0.15, 0.2) is 24.3 Å². The third-order valence-corrected chi connectivity index (χ3v) is 4.44. The van der Waals surface area contributed by atoms with Crippen molar-refractivity contribution < 1.29 is 0 Å². The van der Waals surface area contributed by atoms with E-state index in [0.29, 0.717) is 6.04 Å². The van der Waals surface area contributed by atoms with Gasteiger partial charge in [0.25, 0.3) is 0 Å². The lowest BCUT2D eigenvalue weighted by atomic mass is 10.1. The zero-order chi connectivity index (χ0) is 12.8. The molecule has 1 atom stereocenters. The molecule has 0 aromatic heterocycles. The van der Waals surface area contributed by atoms with Gasteiger partial charge in [0.05, 0.1) is 0 Å². The maximum atomic E-state index is 3.66. The van der Waals surface area contributed by atoms with Crippen LogP contribution in [-0.2, 0) is 6.54 Å².